The Morgan fingerprint density at radius 3 is 2.28 bits per heavy atom. The number of rotatable bonds is 11. The van der Waals surface area contributed by atoms with Crippen LogP contribution in [0.2, 0.25) is 0 Å². The van der Waals surface area contributed by atoms with Gasteiger partial charge in [-0.2, -0.15) is 0 Å². The summed E-state index contributed by atoms with van der Waals surface area (Å²) in [5, 5.41) is 11.4. The molecule has 2 aromatic rings. The van der Waals surface area contributed by atoms with Crippen molar-refractivity contribution in [1.82, 2.24) is 5.32 Å². The van der Waals surface area contributed by atoms with E-state index in [1.165, 1.54) is 22.3 Å². The van der Waals surface area contributed by atoms with Crippen LogP contribution in [0.5, 0.6) is 0 Å². The highest BCUT2D eigenvalue weighted by molar-refractivity contribution is 5.94. The number of carboxylic acid groups (broad SMARTS) is 1. The van der Waals surface area contributed by atoms with Crippen LogP contribution in [0.4, 0.5) is 0 Å². The number of carbonyl (C=O) groups is 2. The van der Waals surface area contributed by atoms with Crippen LogP contribution in [0.25, 0.3) is 5.57 Å². The van der Waals surface area contributed by atoms with Crippen molar-refractivity contribution < 1.29 is 19.4 Å². The van der Waals surface area contributed by atoms with Gasteiger partial charge in [-0.25, -0.2) is 0 Å². The van der Waals surface area contributed by atoms with Crippen LogP contribution >= 0.6 is 0 Å². The summed E-state index contributed by atoms with van der Waals surface area (Å²) in [6, 6.07) is 18.0. The normalized spacial score (nSPS) is 18.7. The van der Waals surface area contributed by atoms with E-state index < -0.39 is 5.97 Å². The first-order chi connectivity index (χ1) is 17.1. The van der Waals surface area contributed by atoms with Gasteiger partial charge in [0.1, 0.15) is 0 Å². The van der Waals surface area contributed by atoms with Crippen molar-refractivity contribution in [2.75, 3.05) is 6.54 Å². The molecular formula is C31H39NO4. The molecule has 36 heavy (non-hydrogen) atoms. The number of nitrogens with one attached hydrogen (secondary N) is 1. The van der Waals surface area contributed by atoms with Crippen LogP contribution < -0.4 is 5.32 Å². The van der Waals surface area contributed by atoms with Gasteiger partial charge in [-0.05, 0) is 73.1 Å². The van der Waals surface area contributed by atoms with Crippen molar-refractivity contribution in [1.29, 1.82) is 0 Å². The summed E-state index contributed by atoms with van der Waals surface area (Å²) in [4.78, 5) is 23.1. The number of ether oxygens (including phenoxy) is 1. The number of carboxylic acids is 1. The van der Waals surface area contributed by atoms with Gasteiger partial charge in [0, 0.05) is 18.5 Å². The Balaban J connectivity index is 1.82. The van der Waals surface area contributed by atoms with E-state index in [2.05, 4.69) is 70.3 Å². The van der Waals surface area contributed by atoms with Gasteiger partial charge in [0.15, 0.2) is 0 Å². The lowest BCUT2D eigenvalue weighted by Gasteiger charge is -2.39. The van der Waals surface area contributed by atoms with Gasteiger partial charge in [0.05, 0.1) is 18.1 Å². The van der Waals surface area contributed by atoms with Crippen LogP contribution in [0, 0.1) is 5.92 Å². The van der Waals surface area contributed by atoms with Gasteiger partial charge >= 0.3 is 5.97 Å². The second kappa shape index (κ2) is 12.2. The third-order valence-electron chi connectivity index (χ3n) is 6.76. The Kier molecular flexibility index (Phi) is 9.27. The Bertz CT molecular complexity index is 1120. The fraction of sp³-hybridized carbons (Fsp3) is 0.419. The third-order valence-corrected chi connectivity index (χ3v) is 6.76. The van der Waals surface area contributed by atoms with Crippen LogP contribution in [0.1, 0.15) is 87.9 Å². The van der Waals surface area contributed by atoms with Gasteiger partial charge in [-0.15, -0.1) is 0 Å². The molecular weight excluding hydrogens is 450 g/mol. The van der Waals surface area contributed by atoms with Crippen molar-refractivity contribution in [2.24, 2.45) is 5.92 Å². The topological polar surface area (TPSA) is 75.6 Å². The summed E-state index contributed by atoms with van der Waals surface area (Å²) in [6.07, 6.45) is 4.67. The summed E-state index contributed by atoms with van der Waals surface area (Å²) >= 11 is 0. The fourth-order valence-electron chi connectivity index (χ4n) is 5.05. The molecule has 192 valence electrons. The highest BCUT2D eigenvalue weighted by Crippen LogP contribution is 2.43. The first-order valence-electron chi connectivity index (χ1n) is 12.9. The molecule has 2 aromatic carbocycles. The van der Waals surface area contributed by atoms with E-state index in [1.54, 1.807) is 12.1 Å². The molecule has 0 aromatic heterocycles. The van der Waals surface area contributed by atoms with Gasteiger partial charge in [0.25, 0.3) is 5.91 Å². The maximum atomic E-state index is 12.4. The Morgan fingerprint density at radius 2 is 1.72 bits per heavy atom. The Morgan fingerprint density at radius 1 is 1.06 bits per heavy atom. The summed E-state index contributed by atoms with van der Waals surface area (Å²) in [5.41, 5.74) is 6.28. The first-order valence-corrected chi connectivity index (χ1v) is 12.9. The molecule has 0 spiro atoms. The molecule has 5 heteroatoms. The molecule has 2 N–H and O–H groups in total. The molecule has 5 nitrogen and oxygen atoms in total. The van der Waals surface area contributed by atoms with Crippen LogP contribution in [-0.2, 0) is 9.53 Å². The molecule has 2 atom stereocenters. The zero-order chi connectivity index (χ0) is 26.3. The number of hydrogen-bond donors (Lipinski definition) is 2. The molecule has 0 radical (unpaired) electrons. The molecule has 0 aliphatic heterocycles. The average molecular weight is 490 g/mol. The average Bonchev–Trinajstić information content (AvgIpc) is 2.83. The van der Waals surface area contributed by atoms with E-state index in [-0.39, 0.29) is 30.6 Å². The molecule has 0 heterocycles. The maximum absolute atomic E-state index is 12.4. The standard InChI is InChI=1S/C31H39NO4/c1-6-31(19-22(4)29(23(5)20-31)25-10-8-7-9-11-25)36-27(18-21(2)3)24-12-14-26(15-13-24)30(35)32-17-16-28(33)34/h7-15,19,21,27H,6,16-18,20H2,1-5H3,(H,32,35)(H,33,34). The lowest BCUT2D eigenvalue weighted by molar-refractivity contribution is -0.136. The van der Waals surface area contributed by atoms with E-state index in [4.69, 9.17) is 9.84 Å². The van der Waals surface area contributed by atoms with Crippen molar-refractivity contribution in [3.05, 3.63) is 88.5 Å². The highest BCUT2D eigenvalue weighted by atomic mass is 16.5. The number of hydrogen-bond acceptors (Lipinski definition) is 3. The largest absolute Gasteiger partial charge is 0.481 e. The Hall–Kier alpha value is -3.18. The number of allylic oxidation sites excluding steroid dienone is 2. The van der Waals surface area contributed by atoms with Crippen molar-refractivity contribution in [3.8, 4) is 0 Å². The summed E-state index contributed by atoms with van der Waals surface area (Å²) < 4.78 is 6.97. The number of amides is 1. The van der Waals surface area contributed by atoms with Crippen molar-refractivity contribution in [2.45, 2.75) is 72.0 Å². The van der Waals surface area contributed by atoms with Gasteiger partial charge in [-0.3, -0.25) is 9.59 Å². The second-order valence-corrected chi connectivity index (χ2v) is 10.2. The zero-order valence-electron chi connectivity index (χ0n) is 22.1. The summed E-state index contributed by atoms with van der Waals surface area (Å²) in [5.74, 6) is -0.764. The maximum Gasteiger partial charge on any atom is 0.305 e. The van der Waals surface area contributed by atoms with E-state index in [1.807, 2.05) is 18.2 Å². The van der Waals surface area contributed by atoms with Gasteiger partial charge in [-0.1, -0.05) is 68.8 Å². The van der Waals surface area contributed by atoms with E-state index in [0.29, 0.717) is 11.5 Å². The SMILES string of the molecule is CCC1(OC(CC(C)C)c2ccc(C(=O)NCCC(=O)O)cc2)C=C(C)C(c2ccccc2)=C(C)C1. The van der Waals surface area contributed by atoms with Gasteiger partial charge < -0.3 is 15.2 Å². The van der Waals surface area contributed by atoms with Crippen LogP contribution in [-0.4, -0.2) is 29.1 Å². The minimum Gasteiger partial charge on any atom is -0.481 e. The minimum atomic E-state index is -0.933. The molecule has 1 aliphatic rings. The Labute approximate surface area is 215 Å². The second-order valence-electron chi connectivity index (χ2n) is 10.2. The molecule has 1 aliphatic carbocycles. The minimum absolute atomic E-state index is 0.0972. The molecule has 2 unspecified atom stereocenters. The lowest BCUT2D eigenvalue weighted by atomic mass is 9.78. The van der Waals surface area contributed by atoms with Gasteiger partial charge in [0.2, 0.25) is 0 Å². The van der Waals surface area contributed by atoms with E-state index >= 15 is 0 Å². The quantitative estimate of drug-likeness (QED) is 0.357. The lowest BCUT2D eigenvalue weighted by Crippen LogP contribution is -2.34. The number of aliphatic carboxylic acids is 1. The zero-order valence-corrected chi connectivity index (χ0v) is 22.1. The number of carbonyl (C=O) groups excluding carboxylic acids is 1. The molecule has 0 saturated heterocycles. The predicted molar refractivity (Wildman–Crippen MR) is 145 cm³/mol. The van der Waals surface area contributed by atoms with E-state index in [0.717, 1.165) is 24.8 Å². The highest BCUT2D eigenvalue weighted by Gasteiger charge is 2.35. The third kappa shape index (κ3) is 6.94. The summed E-state index contributed by atoms with van der Waals surface area (Å²) in [6.45, 7) is 11.1. The smallest absolute Gasteiger partial charge is 0.305 e. The predicted octanol–water partition coefficient (Wildman–Crippen LogP) is 6.97. The molecule has 0 bridgehead atoms. The molecule has 3 rings (SSSR count). The molecule has 0 saturated carbocycles. The van der Waals surface area contributed by atoms with Crippen LogP contribution in [0.3, 0.4) is 0 Å². The van der Waals surface area contributed by atoms with Crippen molar-refractivity contribution >= 4 is 17.4 Å². The first kappa shape index (κ1) is 27.4. The number of benzene rings is 2. The van der Waals surface area contributed by atoms with E-state index in [9.17, 15) is 9.59 Å². The molecule has 1 amide bonds. The molecule has 0 fully saturated rings. The van der Waals surface area contributed by atoms with Crippen LogP contribution in [0.15, 0.2) is 71.8 Å². The monoisotopic (exact) mass is 489 g/mol. The summed E-state index contributed by atoms with van der Waals surface area (Å²) in [7, 11) is 0. The van der Waals surface area contributed by atoms with Crippen molar-refractivity contribution in [3.63, 3.8) is 0 Å². The fourth-order valence-corrected chi connectivity index (χ4v) is 5.05.